The average molecular weight is 386 g/mol. The van der Waals surface area contributed by atoms with Crippen LogP contribution in [0.1, 0.15) is 30.9 Å². The zero-order valence-corrected chi connectivity index (χ0v) is 15.8. The maximum atomic E-state index is 12.5. The van der Waals surface area contributed by atoms with E-state index in [2.05, 4.69) is 0 Å². The van der Waals surface area contributed by atoms with Gasteiger partial charge in [0.2, 0.25) is 6.79 Å². The maximum Gasteiger partial charge on any atom is 0.325 e. The number of fused-ring (bicyclic) bond motifs is 1. The Balaban J connectivity index is 1.97. The highest BCUT2D eigenvalue weighted by Gasteiger charge is 2.36. The summed E-state index contributed by atoms with van der Waals surface area (Å²) < 4.78 is 26.9. The van der Waals surface area contributed by atoms with Gasteiger partial charge >= 0.3 is 11.9 Å². The predicted molar refractivity (Wildman–Crippen MR) is 99.3 cm³/mol. The van der Waals surface area contributed by atoms with Gasteiger partial charge in [-0.05, 0) is 25.5 Å². The highest BCUT2D eigenvalue weighted by molar-refractivity contribution is 6.01. The highest BCUT2D eigenvalue weighted by Crippen LogP contribution is 2.42. The van der Waals surface area contributed by atoms with Crippen molar-refractivity contribution in [2.75, 3.05) is 20.0 Å². The van der Waals surface area contributed by atoms with Crippen LogP contribution in [0.15, 0.2) is 42.5 Å². The van der Waals surface area contributed by atoms with E-state index in [1.54, 1.807) is 26.0 Å². The smallest absolute Gasteiger partial charge is 0.325 e. The van der Waals surface area contributed by atoms with Crippen molar-refractivity contribution < 1.29 is 33.3 Å². The molecule has 0 bridgehead atoms. The number of carbonyl (C=O) groups excluding carboxylic acids is 2. The van der Waals surface area contributed by atoms with Crippen LogP contribution in [0.3, 0.4) is 0 Å². The Morgan fingerprint density at radius 2 is 1.57 bits per heavy atom. The van der Waals surface area contributed by atoms with E-state index in [0.29, 0.717) is 22.8 Å². The molecule has 0 saturated heterocycles. The first-order valence-electron chi connectivity index (χ1n) is 9.07. The molecule has 0 radical (unpaired) electrons. The fourth-order valence-electron chi connectivity index (χ4n) is 2.83. The lowest BCUT2D eigenvalue weighted by Crippen LogP contribution is -2.26. The maximum absolute atomic E-state index is 12.5. The summed E-state index contributed by atoms with van der Waals surface area (Å²) in [5.41, 5.74) is 1.26. The molecule has 0 spiro atoms. The minimum Gasteiger partial charge on any atom is -0.488 e. The van der Waals surface area contributed by atoms with E-state index in [4.69, 9.17) is 23.7 Å². The molecule has 0 N–H and O–H groups in total. The second-order valence-corrected chi connectivity index (χ2v) is 5.95. The fraction of sp³-hybridized carbons (Fsp3) is 0.333. The molecule has 0 aromatic heterocycles. The number of hydrogen-bond acceptors (Lipinski definition) is 7. The minimum absolute atomic E-state index is 0.0559. The Hall–Kier alpha value is -3.22. The van der Waals surface area contributed by atoms with Crippen LogP contribution in [-0.2, 0) is 25.7 Å². The van der Waals surface area contributed by atoms with Crippen LogP contribution in [0.4, 0.5) is 0 Å². The predicted octanol–water partition coefficient (Wildman–Crippen LogP) is 3.20. The highest BCUT2D eigenvalue weighted by atomic mass is 16.7. The van der Waals surface area contributed by atoms with E-state index >= 15 is 0 Å². The molecule has 1 aliphatic heterocycles. The summed E-state index contributed by atoms with van der Waals surface area (Å²) in [6.45, 7) is 3.93. The SMILES string of the molecule is CCOC(=O)C(C(=O)OCC)c1cc2c(cc1OCc1ccccc1)OCO2. The lowest BCUT2D eigenvalue weighted by Gasteiger charge is -2.19. The van der Waals surface area contributed by atoms with Crippen molar-refractivity contribution >= 4 is 11.9 Å². The number of carbonyl (C=O) groups is 2. The fourth-order valence-corrected chi connectivity index (χ4v) is 2.83. The number of esters is 2. The molecule has 2 aromatic carbocycles. The van der Waals surface area contributed by atoms with Gasteiger partial charge in [0.05, 0.1) is 13.2 Å². The molecule has 1 aliphatic rings. The van der Waals surface area contributed by atoms with Gasteiger partial charge < -0.3 is 23.7 Å². The van der Waals surface area contributed by atoms with Crippen molar-refractivity contribution in [2.45, 2.75) is 26.4 Å². The molecule has 2 aromatic rings. The molecule has 0 fully saturated rings. The Morgan fingerprint density at radius 1 is 0.964 bits per heavy atom. The second-order valence-electron chi connectivity index (χ2n) is 5.95. The quantitative estimate of drug-likeness (QED) is 0.509. The van der Waals surface area contributed by atoms with Gasteiger partial charge in [0, 0.05) is 11.6 Å². The Morgan fingerprint density at radius 3 is 2.18 bits per heavy atom. The molecule has 0 aliphatic carbocycles. The van der Waals surface area contributed by atoms with E-state index < -0.39 is 17.9 Å². The van der Waals surface area contributed by atoms with Crippen LogP contribution in [0.5, 0.6) is 17.2 Å². The molecule has 0 amide bonds. The van der Waals surface area contributed by atoms with Crippen LogP contribution in [0.25, 0.3) is 0 Å². The van der Waals surface area contributed by atoms with Gasteiger partial charge in [-0.25, -0.2) is 0 Å². The third kappa shape index (κ3) is 4.36. The van der Waals surface area contributed by atoms with Crippen LogP contribution in [-0.4, -0.2) is 31.9 Å². The average Bonchev–Trinajstić information content (AvgIpc) is 3.15. The zero-order valence-electron chi connectivity index (χ0n) is 15.8. The van der Waals surface area contributed by atoms with Crippen molar-refractivity contribution in [1.29, 1.82) is 0 Å². The minimum atomic E-state index is -1.28. The molecular formula is C21H22O7. The first-order chi connectivity index (χ1) is 13.6. The summed E-state index contributed by atoms with van der Waals surface area (Å²) in [7, 11) is 0. The van der Waals surface area contributed by atoms with Crippen LogP contribution in [0.2, 0.25) is 0 Å². The van der Waals surface area contributed by atoms with Crippen molar-refractivity contribution in [3.8, 4) is 17.2 Å². The van der Waals surface area contributed by atoms with E-state index in [1.165, 1.54) is 0 Å². The summed E-state index contributed by atoms with van der Waals surface area (Å²) in [5.74, 6) is -1.44. The van der Waals surface area contributed by atoms with Crippen molar-refractivity contribution in [1.82, 2.24) is 0 Å². The largest absolute Gasteiger partial charge is 0.488 e. The van der Waals surface area contributed by atoms with Gasteiger partial charge in [-0.2, -0.15) is 0 Å². The molecule has 148 valence electrons. The summed E-state index contributed by atoms with van der Waals surface area (Å²) in [4.78, 5) is 25.1. The first kappa shape index (κ1) is 19.5. The standard InChI is InChI=1S/C21H22O7/c1-3-24-20(22)19(21(23)25-4-2)15-10-17-18(28-13-27-17)11-16(15)26-12-14-8-6-5-7-9-14/h5-11,19H,3-4,12-13H2,1-2H3. The van der Waals surface area contributed by atoms with Gasteiger partial charge in [0.25, 0.3) is 0 Å². The molecule has 7 nitrogen and oxygen atoms in total. The summed E-state index contributed by atoms with van der Waals surface area (Å²) >= 11 is 0. The van der Waals surface area contributed by atoms with Gasteiger partial charge in [0.15, 0.2) is 17.4 Å². The van der Waals surface area contributed by atoms with Gasteiger partial charge in [-0.3, -0.25) is 9.59 Å². The Labute approximate surface area is 163 Å². The van der Waals surface area contributed by atoms with Crippen molar-refractivity contribution in [3.05, 3.63) is 53.6 Å². The molecule has 0 atom stereocenters. The van der Waals surface area contributed by atoms with E-state index in [1.807, 2.05) is 30.3 Å². The topological polar surface area (TPSA) is 80.3 Å². The van der Waals surface area contributed by atoms with E-state index in [9.17, 15) is 9.59 Å². The number of rotatable bonds is 8. The third-order valence-electron chi connectivity index (χ3n) is 4.10. The van der Waals surface area contributed by atoms with Gasteiger partial charge in [-0.1, -0.05) is 30.3 Å². The molecule has 0 unspecified atom stereocenters. The molecule has 28 heavy (non-hydrogen) atoms. The molecule has 3 rings (SSSR count). The number of ether oxygens (including phenoxy) is 5. The molecule has 0 saturated carbocycles. The summed E-state index contributed by atoms with van der Waals surface area (Å²) in [6.07, 6.45) is 0. The van der Waals surface area contributed by atoms with Crippen molar-refractivity contribution in [2.24, 2.45) is 0 Å². The number of benzene rings is 2. The molecular weight excluding hydrogens is 364 g/mol. The van der Waals surface area contributed by atoms with Crippen LogP contribution < -0.4 is 14.2 Å². The summed E-state index contributed by atoms with van der Waals surface area (Å²) in [5, 5.41) is 0. The van der Waals surface area contributed by atoms with Crippen LogP contribution in [0, 0.1) is 0 Å². The lowest BCUT2D eigenvalue weighted by molar-refractivity contribution is -0.157. The number of hydrogen-bond donors (Lipinski definition) is 0. The molecule has 7 heteroatoms. The van der Waals surface area contributed by atoms with Gasteiger partial charge in [0.1, 0.15) is 12.4 Å². The molecule has 1 heterocycles. The summed E-state index contributed by atoms with van der Waals surface area (Å²) in [6, 6.07) is 12.7. The zero-order chi connectivity index (χ0) is 19.9. The monoisotopic (exact) mass is 386 g/mol. The van der Waals surface area contributed by atoms with Gasteiger partial charge in [-0.15, -0.1) is 0 Å². The van der Waals surface area contributed by atoms with Crippen molar-refractivity contribution in [3.63, 3.8) is 0 Å². The van der Waals surface area contributed by atoms with E-state index in [0.717, 1.165) is 5.56 Å². The Kier molecular flexibility index (Phi) is 6.37. The normalized spacial score (nSPS) is 12.0. The second kappa shape index (κ2) is 9.12. The third-order valence-corrected chi connectivity index (χ3v) is 4.10. The first-order valence-corrected chi connectivity index (χ1v) is 9.07. The van der Waals surface area contributed by atoms with Crippen LogP contribution >= 0.6 is 0 Å². The Bertz CT molecular complexity index is 814. The van der Waals surface area contributed by atoms with E-state index in [-0.39, 0.29) is 26.6 Å². The lowest BCUT2D eigenvalue weighted by atomic mass is 9.97.